The number of nitrogen functional groups attached to an aromatic ring is 1. The van der Waals surface area contributed by atoms with Gasteiger partial charge in [0.05, 0.1) is 11.2 Å². The van der Waals surface area contributed by atoms with Crippen LogP contribution in [0.15, 0.2) is 30.3 Å². The summed E-state index contributed by atoms with van der Waals surface area (Å²) in [7, 11) is 0. The Balaban J connectivity index is 1.67. The molecule has 0 bridgehead atoms. The molecule has 1 aromatic heterocycles. The summed E-state index contributed by atoms with van der Waals surface area (Å²) >= 11 is 0. The van der Waals surface area contributed by atoms with E-state index in [4.69, 9.17) is 10.7 Å². The van der Waals surface area contributed by atoms with Crippen molar-refractivity contribution in [2.75, 3.05) is 5.73 Å². The second-order valence-corrected chi connectivity index (χ2v) is 6.41. The first-order valence-corrected chi connectivity index (χ1v) is 8.10. The van der Waals surface area contributed by atoms with Crippen LogP contribution in [0.5, 0.6) is 0 Å². The normalized spacial score (nSPS) is 23.1. The summed E-state index contributed by atoms with van der Waals surface area (Å²) < 4.78 is 0. The van der Waals surface area contributed by atoms with Crippen molar-refractivity contribution in [3.8, 4) is 0 Å². The molecule has 1 heterocycles. The Labute approximate surface area is 127 Å². The monoisotopic (exact) mass is 283 g/mol. The average molecular weight is 283 g/mol. The standard InChI is InChI=1S/C18H25N3/c1-13-5-4-6-14(10-9-13)20-12-15-11-17(19)16-7-2-3-8-18(16)21-15/h2-3,7-8,11,13-14,20H,4-6,9-10,12H2,1H3,(H2,19,21). The molecule has 21 heavy (non-hydrogen) atoms. The summed E-state index contributed by atoms with van der Waals surface area (Å²) in [5.41, 5.74) is 9.00. The molecular formula is C18H25N3. The first-order valence-electron chi connectivity index (χ1n) is 8.10. The molecule has 2 atom stereocenters. The molecule has 1 aliphatic rings. The van der Waals surface area contributed by atoms with Crippen LogP contribution in [0.1, 0.15) is 44.7 Å². The molecule has 2 aromatic rings. The third-order valence-electron chi connectivity index (χ3n) is 4.63. The zero-order valence-electron chi connectivity index (χ0n) is 12.8. The molecule has 0 saturated heterocycles. The molecule has 1 aromatic carbocycles. The largest absolute Gasteiger partial charge is 0.398 e. The summed E-state index contributed by atoms with van der Waals surface area (Å²) in [5, 5.41) is 4.72. The number of nitrogens with one attached hydrogen (secondary N) is 1. The highest BCUT2D eigenvalue weighted by Gasteiger charge is 2.15. The molecule has 1 saturated carbocycles. The maximum absolute atomic E-state index is 6.14. The second kappa shape index (κ2) is 6.44. The minimum Gasteiger partial charge on any atom is -0.398 e. The number of pyridine rings is 1. The highest BCUT2D eigenvalue weighted by molar-refractivity contribution is 5.90. The molecule has 0 spiro atoms. The highest BCUT2D eigenvalue weighted by Crippen LogP contribution is 2.23. The van der Waals surface area contributed by atoms with E-state index in [9.17, 15) is 0 Å². The highest BCUT2D eigenvalue weighted by atomic mass is 14.9. The molecule has 2 unspecified atom stereocenters. The van der Waals surface area contributed by atoms with E-state index < -0.39 is 0 Å². The van der Waals surface area contributed by atoms with Crippen molar-refractivity contribution in [1.29, 1.82) is 0 Å². The summed E-state index contributed by atoms with van der Waals surface area (Å²) in [6.07, 6.45) is 6.62. The number of para-hydroxylation sites is 1. The number of nitrogens with zero attached hydrogens (tertiary/aromatic N) is 1. The van der Waals surface area contributed by atoms with Crippen LogP contribution >= 0.6 is 0 Å². The number of nitrogens with two attached hydrogens (primary N) is 1. The third kappa shape index (κ3) is 3.53. The SMILES string of the molecule is CC1CCCC(NCc2cc(N)c3ccccc3n2)CC1. The zero-order chi connectivity index (χ0) is 14.7. The zero-order valence-corrected chi connectivity index (χ0v) is 12.8. The van der Waals surface area contributed by atoms with Crippen molar-refractivity contribution in [2.24, 2.45) is 5.92 Å². The molecule has 1 aliphatic carbocycles. The van der Waals surface area contributed by atoms with E-state index in [1.807, 2.05) is 30.3 Å². The number of fused-ring (bicyclic) bond motifs is 1. The maximum Gasteiger partial charge on any atom is 0.0726 e. The Morgan fingerprint density at radius 3 is 2.95 bits per heavy atom. The van der Waals surface area contributed by atoms with Crippen LogP contribution in [0.4, 0.5) is 5.69 Å². The van der Waals surface area contributed by atoms with Crippen LogP contribution in [-0.2, 0) is 6.54 Å². The van der Waals surface area contributed by atoms with Crippen molar-refractivity contribution < 1.29 is 0 Å². The van der Waals surface area contributed by atoms with Gasteiger partial charge in [0.2, 0.25) is 0 Å². The molecule has 3 nitrogen and oxygen atoms in total. The maximum atomic E-state index is 6.14. The summed E-state index contributed by atoms with van der Waals surface area (Å²) in [6.45, 7) is 3.18. The topological polar surface area (TPSA) is 50.9 Å². The van der Waals surface area contributed by atoms with Crippen LogP contribution in [-0.4, -0.2) is 11.0 Å². The summed E-state index contributed by atoms with van der Waals surface area (Å²) in [5.74, 6) is 0.881. The Bertz CT molecular complexity index is 608. The summed E-state index contributed by atoms with van der Waals surface area (Å²) in [6, 6.07) is 10.7. The van der Waals surface area contributed by atoms with E-state index in [1.54, 1.807) is 0 Å². The number of rotatable bonds is 3. The van der Waals surface area contributed by atoms with Crippen molar-refractivity contribution in [3.63, 3.8) is 0 Å². The van der Waals surface area contributed by atoms with Gasteiger partial charge in [-0.05, 0) is 37.3 Å². The minimum atomic E-state index is 0.629. The lowest BCUT2D eigenvalue weighted by molar-refractivity contribution is 0.445. The Morgan fingerprint density at radius 1 is 1.19 bits per heavy atom. The fourth-order valence-electron chi connectivity index (χ4n) is 3.29. The summed E-state index contributed by atoms with van der Waals surface area (Å²) in [4.78, 5) is 4.72. The molecule has 0 radical (unpaired) electrons. The van der Waals surface area contributed by atoms with Crippen molar-refractivity contribution in [2.45, 2.75) is 51.6 Å². The number of hydrogen-bond acceptors (Lipinski definition) is 3. The van der Waals surface area contributed by atoms with Gasteiger partial charge in [-0.25, -0.2) is 0 Å². The molecule has 0 aliphatic heterocycles. The molecule has 1 fully saturated rings. The third-order valence-corrected chi connectivity index (χ3v) is 4.63. The Hall–Kier alpha value is -1.61. The van der Waals surface area contributed by atoms with E-state index in [-0.39, 0.29) is 0 Å². The first-order chi connectivity index (χ1) is 10.2. The predicted molar refractivity (Wildman–Crippen MR) is 89.0 cm³/mol. The van der Waals surface area contributed by atoms with Gasteiger partial charge < -0.3 is 11.1 Å². The van der Waals surface area contributed by atoms with Crippen LogP contribution in [0.2, 0.25) is 0 Å². The molecule has 3 N–H and O–H groups in total. The van der Waals surface area contributed by atoms with E-state index >= 15 is 0 Å². The lowest BCUT2D eigenvalue weighted by Crippen LogP contribution is -2.28. The van der Waals surface area contributed by atoms with Gasteiger partial charge in [-0.15, -0.1) is 0 Å². The fourth-order valence-corrected chi connectivity index (χ4v) is 3.29. The van der Waals surface area contributed by atoms with Crippen LogP contribution in [0.3, 0.4) is 0 Å². The van der Waals surface area contributed by atoms with Crippen molar-refractivity contribution in [1.82, 2.24) is 10.3 Å². The lowest BCUT2D eigenvalue weighted by atomic mass is 10.0. The second-order valence-electron chi connectivity index (χ2n) is 6.41. The van der Waals surface area contributed by atoms with Gasteiger partial charge >= 0.3 is 0 Å². The number of hydrogen-bond donors (Lipinski definition) is 2. The molecule has 0 amide bonds. The van der Waals surface area contributed by atoms with Crippen LogP contribution in [0.25, 0.3) is 10.9 Å². The number of anilines is 1. The predicted octanol–water partition coefficient (Wildman–Crippen LogP) is 3.88. The molecule has 112 valence electrons. The lowest BCUT2D eigenvalue weighted by Gasteiger charge is -2.16. The molecular weight excluding hydrogens is 258 g/mol. The quantitative estimate of drug-likeness (QED) is 0.841. The van der Waals surface area contributed by atoms with E-state index in [0.29, 0.717) is 6.04 Å². The Kier molecular flexibility index (Phi) is 4.39. The van der Waals surface area contributed by atoms with Gasteiger partial charge in [-0.2, -0.15) is 0 Å². The molecule has 3 rings (SSSR count). The van der Waals surface area contributed by atoms with E-state index in [2.05, 4.69) is 12.2 Å². The first kappa shape index (κ1) is 14.3. The van der Waals surface area contributed by atoms with E-state index in [1.165, 1.54) is 32.1 Å². The number of benzene rings is 1. The average Bonchev–Trinajstić information content (AvgIpc) is 2.70. The van der Waals surface area contributed by atoms with Gasteiger partial charge in [0.15, 0.2) is 0 Å². The van der Waals surface area contributed by atoms with Gasteiger partial charge in [0, 0.05) is 23.7 Å². The van der Waals surface area contributed by atoms with Gasteiger partial charge in [0.25, 0.3) is 0 Å². The van der Waals surface area contributed by atoms with E-state index in [0.717, 1.165) is 34.7 Å². The van der Waals surface area contributed by atoms with Gasteiger partial charge in [-0.1, -0.05) is 38.0 Å². The fraction of sp³-hybridized carbons (Fsp3) is 0.500. The Morgan fingerprint density at radius 2 is 2.05 bits per heavy atom. The molecule has 3 heteroatoms. The smallest absolute Gasteiger partial charge is 0.0726 e. The van der Waals surface area contributed by atoms with Gasteiger partial charge in [-0.3, -0.25) is 4.98 Å². The van der Waals surface area contributed by atoms with Crippen LogP contribution < -0.4 is 11.1 Å². The van der Waals surface area contributed by atoms with Gasteiger partial charge in [0.1, 0.15) is 0 Å². The van der Waals surface area contributed by atoms with Crippen molar-refractivity contribution in [3.05, 3.63) is 36.0 Å². The minimum absolute atomic E-state index is 0.629. The number of aromatic nitrogens is 1. The van der Waals surface area contributed by atoms with Crippen LogP contribution in [0, 0.1) is 5.92 Å². The van der Waals surface area contributed by atoms with Crippen molar-refractivity contribution >= 4 is 16.6 Å².